The molecule has 1 amide bonds. The van der Waals surface area contributed by atoms with Crippen molar-refractivity contribution in [2.24, 2.45) is 0 Å². The minimum absolute atomic E-state index is 0.300. The molecular weight excluding hydrogens is 350 g/mol. The summed E-state index contributed by atoms with van der Waals surface area (Å²) in [5.74, 6) is 0.232. The zero-order valence-corrected chi connectivity index (χ0v) is 15.2. The van der Waals surface area contributed by atoms with Gasteiger partial charge in [-0.1, -0.05) is 29.3 Å². The van der Waals surface area contributed by atoms with Crippen molar-refractivity contribution in [3.8, 4) is 5.75 Å². The van der Waals surface area contributed by atoms with E-state index in [1.165, 1.54) is 18.9 Å². The first-order valence-corrected chi connectivity index (χ1v) is 8.36. The summed E-state index contributed by atoms with van der Waals surface area (Å²) in [5.41, 5.74) is 3.74. The van der Waals surface area contributed by atoms with Gasteiger partial charge in [-0.05, 0) is 43.3 Å². The largest absolute Gasteiger partial charge is 0.495 e. The van der Waals surface area contributed by atoms with Crippen LogP contribution < -0.4 is 15.4 Å². The predicted molar refractivity (Wildman–Crippen MR) is 105 cm³/mol. The van der Waals surface area contributed by atoms with Crippen LogP contribution in [-0.4, -0.2) is 18.0 Å². The zero-order valence-electron chi connectivity index (χ0n) is 14.4. The predicted octanol–water partition coefficient (Wildman–Crippen LogP) is 5.05. The van der Waals surface area contributed by atoms with E-state index in [1.807, 2.05) is 31.2 Å². The first kappa shape index (κ1) is 17.8. The molecule has 0 saturated carbocycles. The minimum Gasteiger partial charge on any atom is -0.495 e. The zero-order chi connectivity index (χ0) is 18.5. The van der Waals surface area contributed by atoms with Gasteiger partial charge in [-0.2, -0.15) is 0 Å². The van der Waals surface area contributed by atoms with Crippen molar-refractivity contribution >= 4 is 34.6 Å². The maximum absolute atomic E-state index is 12.6. The number of rotatable bonds is 5. The molecule has 2 aromatic carbocycles. The highest BCUT2D eigenvalue weighted by atomic mass is 35.5. The number of carbonyl (C=O) groups is 1. The molecule has 3 aromatic rings. The lowest BCUT2D eigenvalue weighted by Gasteiger charge is -2.11. The van der Waals surface area contributed by atoms with Crippen LogP contribution in [0.15, 0.2) is 60.9 Å². The lowest BCUT2D eigenvalue weighted by atomic mass is 10.2. The van der Waals surface area contributed by atoms with Gasteiger partial charge < -0.3 is 15.4 Å². The highest BCUT2D eigenvalue weighted by molar-refractivity contribution is 6.31. The molecule has 1 heterocycles. The van der Waals surface area contributed by atoms with Crippen LogP contribution >= 0.6 is 11.6 Å². The van der Waals surface area contributed by atoms with Gasteiger partial charge in [0.25, 0.3) is 5.91 Å². The van der Waals surface area contributed by atoms with Crippen LogP contribution in [0.3, 0.4) is 0 Å². The SMILES string of the molecule is COc1ccc(Cl)cc1NC(=O)c1cncc(Nc2ccc(C)cc2)c1. The number of amides is 1. The van der Waals surface area contributed by atoms with E-state index in [9.17, 15) is 4.79 Å². The topological polar surface area (TPSA) is 63.2 Å². The molecule has 0 spiro atoms. The van der Waals surface area contributed by atoms with Crippen LogP contribution in [0, 0.1) is 6.92 Å². The summed E-state index contributed by atoms with van der Waals surface area (Å²) in [6.07, 6.45) is 3.17. The van der Waals surface area contributed by atoms with E-state index >= 15 is 0 Å². The minimum atomic E-state index is -0.300. The second-order valence-electron chi connectivity index (χ2n) is 5.75. The molecule has 0 aliphatic rings. The second-order valence-corrected chi connectivity index (χ2v) is 6.19. The first-order valence-electron chi connectivity index (χ1n) is 7.99. The Kier molecular flexibility index (Phi) is 5.39. The number of benzene rings is 2. The fraction of sp³-hybridized carbons (Fsp3) is 0.100. The van der Waals surface area contributed by atoms with Gasteiger partial charge in [-0.15, -0.1) is 0 Å². The van der Waals surface area contributed by atoms with E-state index in [4.69, 9.17) is 16.3 Å². The summed E-state index contributed by atoms with van der Waals surface area (Å²) in [5, 5.41) is 6.54. The summed E-state index contributed by atoms with van der Waals surface area (Å²) in [7, 11) is 1.53. The van der Waals surface area contributed by atoms with E-state index in [0.29, 0.717) is 22.0 Å². The fourth-order valence-electron chi connectivity index (χ4n) is 2.41. The van der Waals surface area contributed by atoms with Crippen molar-refractivity contribution in [3.63, 3.8) is 0 Å². The lowest BCUT2D eigenvalue weighted by Crippen LogP contribution is -2.13. The van der Waals surface area contributed by atoms with Crippen molar-refractivity contribution in [1.29, 1.82) is 0 Å². The number of carbonyl (C=O) groups excluding carboxylic acids is 1. The Morgan fingerprint density at radius 2 is 1.81 bits per heavy atom. The van der Waals surface area contributed by atoms with Gasteiger partial charge in [-0.25, -0.2) is 0 Å². The summed E-state index contributed by atoms with van der Waals surface area (Å²) in [4.78, 5) is 16.7. The first-order chi connectivity index (χ1) is 12.5. The molecule has 5 nitrogen and oxygen atoms in total. The Labute approximate surface area is 157 Å². The number of aryl methyl sites for hydroxylation is 1. The van der Waals surface area contributed by atoms with Crippen LogP contribution in [0.4, 0.5) is 17.1 Å². The monoisotopic (exact) mass is 367 g/mol. The smallest absolute Gasteiger partial charge is 0.257 e. The molecule has 0 saturated heterocycles. The average Bonchev–Trinajstić information content (AvgIpc) is 2.64. The summed E-state index contributed by atoms with van der Waals surface area (Å²) in [6.45, 7) is 2.03. The van der Waals surface area contributed by atoms with Crippen molar-refractivity contribution in [1.82, 2.24) is 4.98 Å². The molecule has 0 atom stereocenters. The van der Waals surface area contributed by atoms with E-state index < -0.39 is 0 Å². The standard InChI is InChI=1S/C20H18ClN3O2/c1-13-3-6-16(7-4-13)23-17-9-14(11-22-12-17)20(25)24-18-10-15(21)5-8-19(18)26-2/h3-12,23H,1-2H3,(H,24,25). The third-order valence-electron chi connectivity index (χ3n) is 3.75. The van der Waals surface area contributed by atoms with Gasteiger partial charge in [0.2, 0.25) is 0 Å². The van der Waals surface area contributed by atoms with Gasteiger partial charge in [0, 0.05) is 16.9 Å². The molecular formula is C20H18ClN3O2. The Bertz CT molecular complexity index is 927. The molecule has 0 bridgehead atoms. The third-order valence-corrected chi connectivity index (χ3v) is 3.99. The highest BCUT2D eigenvalue weighted by Crippen LogP contribution is 2.28. The van der Waals surface area contributed by atoms with E-state index in [1.54, 1.807) is 30.5 Å². The number of hydrogen-bond acceptors (Lipinski definition) is 4. The molecule has 3 rings (SSSR count). The van der Waals surface area contributed by atoms with Gasteiger partial charge in [0.1, 0.15) is 5.75 Å². The highest BCUT2D eigenvalue weighted by Gasteiger charge is 2.11. The number of halogens is 1. The average molecular weight is 368 g/mol. The second kappa shape index (κ2) is 7.89. The van der Waals surface area contributed by atoms with Gasteiger partial charge in [-0.3, -0.25) is 9.78 Å². The molecule has 0 aliphatic heterocycles. The van der Waals surface area contributed by atoms with E-state index in [0.717, 1.165) is 11.4 Å². The Balaban J connectivity index is 1.78. The number of anilines is 3. The summed E-state index contributed by atoms with van der Waals surface area (Å²) >= 11 is 6.00. The third kappa shape index (κ3) is 4.32. The molecule has 0 aliphatic carbocycles. The summed E-state index contributed by atoms with van der Waals surface area (Å²) < 4.78 is 5.25. The van der Waals surface area contributed by atoms with Gasteiger partial charge >= 0.3 is 0 Å². The fourth-order valence-corrected chi connectivity index (χ4v) is 2.58. The van der Waals surface area contributed by atoms with Crippen molar-refractivity contribution in [3.05, 3.63) is 77.1 Å². The van der Waals surface area contributed by atoms with Crippen LogP contribution in [0.1, 0.15) is 15.9 Å². The Hall–Kier alpha value is -3.05. The van der Waals surface area contributed by atoms with Crippen molar-refractivity contribution in [2.75, 3.05) is 17.7 Å². The number of ether oxygens (including phenoxy) is 1. The van der Waals surface area contributed by atoms with Crippen molar-refractivity contribution < 1.29 is 9.53 Å². The van der Waals surface area contributed by atoms with Crippen LogP contribution in [0.25, 0.3) is 0 Å². The Morgan fingerprint density at radius 1 is 1.04 bits per heavy atom. The molecule has 0 unspecified atom stereocenters. The lowest BCUT2D eigenvalue weighted by molar-refractivity contribution is 0.102. The number of hydrogen-bond donors (Lipinski definition) is 2. The van der Waals surface area contributed by atoms with E-state index in [-0.39, 0.29) is 5.91 Å². The number of methoxy groups -OCH3 is 1. The van der Waals surface area contributed by atoms with Crippen LogP contribution in [-0.2, 0) is 0 Å². The normalized spacial score (nSPS) is 10.3. The maximum Gasteiger partial charge on any atom is 0.257 e. The van der Waals surface area contributed by atoms with Gasteiger partial charge in [0.15, 0.2) is 0 Å². The van der Waals surface area contributed by atoms with E-state index in [2.05, 4.69) is 15.6 Å². The Morgan fingerprint density at radius 3 is 2.54 bits per heavy atom. The molecule has 1 aromatic heterocycles. The number of nitrogens with one attached hydrogen (secondary N) is 2. The van der Waals surface area contributed by atoms with Crippen LogP contribution in [0.2, 0.25) is 5.02 Å². The molecule has 2 N–H and O–H groups in total. The number of nitrogens with zero attached hydrogens (tertiary/aromatic N) is 1. The maximum atomic E-state index is 12.6. The molecule has 26 heavy (non-hydrogen) atoms. The molecule has 0 radical (unpaired) electrons. The molecule has 132 valence electrons. The van der Waals surface area contributed by atoms with Gasteiger partial charge in [0.05, 0.1) is 30.2 Å². The number of pyridine rings is 1. The number of aromatic nitrogens is 1. The van der Waals surface area contributed by atoms with Crippen molar-refractivity contribution in [2.45, 2.75) is 6.92 Å². The summed E-state index contributed by atoms with van der Waals surface area (Å²) in [6, 6.07) is 14.7. The molecule has 0 fully saturated rings. The quantitative estimate of drug-likeness (QED) is 0.662. The van der Waals surface area contributed by atoms with Crippen LogP contribution in [0.5, 0.6) is 5.75 Å². The molecule has 6 heteroatoms.